The number of anilines is 1. The number of carbonyl (C=O) groups is 1. The lowest BCUT2D eigenvalue weighted by Gasteiger charge is -2.24. The van der Waals surface area contributed by atoms with E-state index in [0.717, 1.165) is 0 Å². The topological polar surface area (TPSA) is 71.3 Å². The molecule has 0 unspecified atom stereocenters. The van der Waals surface area contributed by atoms with Crippen LogP contribution in [0.3, 0.4) is 0 Å². The summed E-state index contributed by atoms with van der Waals surface area (Å²) in [6.07, 6.45) is -0.327. The average Bonchev–Trinajstić information content (AvgIpc) is 3.11. The van der Waals surface area contributed by atoms with Crippen LogP contribution < -0.4 is 5.32 Å². The lowest BCUT2D eigenvalue weighted by Crippen LogP contribution is -2.43. The van der Waals surface area contributed by atoms with E-state index in [4.69, 9.17) is 16.0 Å². The number of nitrogens with zero attached hydrogens (tertiary/aromatic N) is 3. The smallest absolute Gasteiger partial charge is 0.316 e. The third-order valence-electron chi connectivity index (χ3n) is 4.04. The van der Waals surface area contributed by atoms with Crippen LogP contribution in [0.25, 0.3) is 11.5 Å². The Kier molecular flexibility index (Phi) is 4.64. The molecule has 25 heavy (non-hydrogen) atoms. The van der Waals surface area contributed by atoms with Crippen molar-refractivity contribution in [1.82, 2.24) is 15.1 Å². The maximum Gasteiger partial charge on any atom is 0.316 e. The Balaban J connectivity index is 1.66. The lowest BCUT2D eigenvalue weighted by atomic mass is 10.2. The van der Waals surface area contributed by atoms with Crippen LogP contribution in [0.15, 0.2) is 28.7 Å². The molecular weight excluding hydrogens is 354 g/mol. The number of likely N-dealkylation sites (tertiary alicyclic amines) is 1. The number of hydrogen-bond acceptors (Lipinski definition) is 5. The lowest BCUT2D eigenvalue weighted by molar-refractivity contribution is -0.133. The summed E-state index contributed by atoms with van der Waals surface area (Å²) >= 11 is 5.83. The van der Waals surface area contributed by atoms with E-state index in [0.29, 0.717) is 10.6 Å². The molecule has 1 aromatic heterocycles. The molecule has 0 spiro atoms. The molecule has 1 aromatic carbocycles. The van der Waals surface area contributed by atoms with Gasteiger partial charge in [0.2, 0.25) is 11.8 Å². The first-order valence-electron chi connectivity index (χ1n) is 7.79. The number of rotatable bonds is 4. The van der Waals surface area contributed by atoms with Crippen molar-refractivity contribution >= 4 is 23.5 Å². The summed E-state index contributed by atoms with van der Waals surface area (Å²) in [5.74, 6) is -3.02. The molecule has 3 rings (SSSR count). The number of hydrogen-bond donors (Lipinski definition) is 1. The summed E-state index contributed by atoms with van der Waals surface area (Å²) in [4.78, 5) is 13.6. The minimum absolute atomic E-state index is 0.0458. The Bertz CT molecular complexity index is 766. The zero-order valence-corrected chi connectivity index (χ0v) is 14.4. The van der Waals surface area contributed by atoms with E-state index in [1.165, 1.54) is 4.90 Å². The van der Waals surface area contributed by atoms with Crippen LogP contribution in [0.5, 0.6) is 0 Å². The molecule has 1 saturated heterocycles. The van der Waals surface area contributed by atoms with Crippen molar-refractivity contribution in [2.45, 2.75) is 38.3 Å². The van der Waals surface area contributed by atoms with E-state index in [2.05, 4.69) is 15.5 Å². The quantitative estimate of drug-likeness (QED) is 0.892. The van der Waals surface area contributed by atoms with Crippen molar-refractivity contribution in [2.24, 2.45) is 0 Å². The van der Waals surface area contributed by atoms with Gasteiger partial charge < -0.3 is 14.6 Å². The minimum Gasteiger partial charge on any atom is -0.403 e. The number of carbonyl (C=O) groups excluding carboxylic acids is 1. The Morgan fingerprint density at radius 3 is 2.68 bits per heavy atom. The van der Waals surface area contributed by atoms with Crippen molar-refractivity contribution in [3.63, 3.8) is 0 Å². The standard InChI is InChI=1S/C16H17ClF2N4O2/c1-9-7-16(18,19)8-23(9)14(24)10(2)20-15-22-21-13(25-15)11-3-5-12(17)6-4-11/h3-6,9-10H,7-8H2,1-2H3,(H,20,22)/t9-,10+/m0/s1. The van der Waals surface area contributed by atoms with Gasteiger partial charge in [0.05, 0.1) is 6.54 Å². The molecule has 6 nitrogen and oxygen atoms in total. The molecule has 0 radical (unpaired) electrons. The first-order valence-corrected chi connectivity index (χ1v) is 8.17. The monoisotopic (exact) mass is 370 g/mol. The molecule has 1 aliphatic heterocycles. The number of aromatic nitrogens is 2. The number of nitrogens with one attached hydrogen (secondary N) is 1. The third kappa shape index (κ3) is 3.89. The van der Waals surface area contributed by atoms with Crippen LogP contribution >= 0.6 is 11.6 Å². The largest absolute Gasteiger partial charge is 0.403 e. The molecule has 1 fully saturated rings. The second-order valence-electron chi connectivity index (χ2n) is 6.16. The van der Waals surface area contributed by atoms with Crippen molar-refractivity contribution in [3.05, 3.63) is 29.3 Å². The summed E-state index contributed by atoms with van der Waals surface area (Å²) < 4.78 is 32.4. The second-order valence-corrected chi connectivity index (χ2v) is 6.60. The van der Waals surface area contributed by atoms with Crippen LogP contribution in [0.1, 0.15) is 20.3 Å². The summed E-state index contributed by atoms with van der Waals surface area (Å²) in [6.45, 7) is 2.60. The summed E-state index contributed by atoms with van der Waals surface area (Å²) in [6, 6.07) is 5.59. The van der Waals surface area contributed by atoms with Gasteiger partial charge in [-0.1, -0.05) is 16.7 Å². The Hall–Kier alpha value is -2.22. The molecule has 2 aromatic rings. The van der Waals surface area contributed by atoms with Gasteiger partial charge in [0.25, 0.3) is 5.92 Å². The van der Waals surface area contributed by atoms with Crippen LogP contribution in [0.2, 0.25) is 5.02 Å². The fraction of sp³-hybridized carbons (Fsp3) is 0.438. The van der Waals surface area contributed by atoms with E-state index in [1.807, 2.05) is 0 Å². The Labute approximate surface area is 148 Å². The highest BCUT2D eigenvalue weighted by molar-refractivity contribution is 6.30. The predicted octanol–water partition coefficient (Wildman–Crippen LogP) is 3.45. The SMILES string of the molecule is C[C@@H](Nc1nnc(-c2ccc(Cl)cc2)o1)C(=O)N1CC(F)(F)C[C@@H]1C. The summed E-state index contributed by atoms with van der Waals surface area (Å²) in [5.41, 5.74) is 0.678. The van der Waals surface area contributed by atoms with Gasteiger partial charge in [-0.05, 0) is 38.1 Å². The second kappa shape index (κ2) is 6.59. The highest BCUT2D eigenvalue weighted by Gasteiger charge is 2.45. The maximum absolute atomic E-state index is 13.5. The fourth-order valence-corrected chi connectivity index (χ4v) is 2.92. The molecule has 134 valence electrons. The zero-order valence-electron chi connectivity index (χ0n) is 13.7. The highest BCUT2D eigenvalue weighted by Crippen LogP contribution is 2.32. The first-order chi connectivity index (χ1) is 11.7. The van der Waals surface area contributed by atoms with Gasteiger partial charge in [-0.3, -0.25) is 4.79 Å². The van der Waals surface area contributed by atoms with E-state index in [1.54, 1.807) is 38.1 Å². The van der Waals surface area contributed by atoms with Gasteiger partial charge >= 0.3 is 6.01 Å². The van der Waals surface area contributed by atoms with Gasteiger partial charge in [0.15, 0.2) is 0 Å². The molecule has 0 saturated carbocycles. The molecular formula is C16H17ClF2N4O2. The normalized spacial score (nSPS) is 20.5. The molecule has 1 aliphatic rings. The fourth-order valence-electron chi connectivity index (χ4n) is 2.79. The van der Waals surface area contributed by atoms with Crippen molar-refractivity contribution in [1.29, 1.82) is 0 Å². The third-order valence-corrected chi connectivity index (χ3v) is 4.29. The minimum atomic E-state index is -2.85. The van der Waals surface area contributed by atoms with Crippen molar-refractivity contribution in [3.8, 4) is 11.5 Å². The van der Waals surface area contributed by atoms with Crippen LogP contribution in [-0.4, -0.2) is 45.6 Å². The molecule has 1 N–H and O–H groups in total. The molecule has 1 amide bonds. The van der Waals surface area contributed by atoms with Crippen molar-refractivity contribution < 1.29 is 18.0 Å². The zero-order chi connectivity index (χ0) is 18.2. The molecule has 0 bridgehead atoms. The molecule has 2 heterocycles. The van der Waals surface area contributed by atoms with Gasteiger partial charge in [-0.25, -0.2) is 8.78 Å². The van der Waals surface area contributed by atoms with Crippen LogP contribution in [0, 0.1) is 0 Å². The number of benzene rings is 1. The maximum atomic E-state index is 13.5. The van der Waals surface area contributed by atoms with Gasteiger partial charge in [0, 0.05) is 23.0 Å². The number of alkyl halides is 2. The van der Waals surface area contributed by atoms with Gasteiger partial charge in [-0.2, -0.15) is 0 Å². The van der Waals surface area contributed by atoms with Gasteiger partial charge in [0.1, 0.15) is 6.04 Å². The Morgan fingerprint density at radius 1 is 1.40 bits per heavy atom. The number of halogens is 3. The molecule has 0 aliphatic carbocycles. The van der Waals surface area contributed by atoms with E-state index in [9.17, 15) is 13.6 Å². The van der Waals surface area contributed by atoms with Crippen LogP contribution in [0.4, 0.5) is 14.8 Å². The number of amides is 1. The molecule has 9 heteroatoms. The average molecular weight is 371 g/mol. The van der Waals surface area contributed by atoms with E-state index < -0.39 is 30.5 Å². The van der Waals surface area contributed by atoms with Crippen LogP contribution in [-0.2, 0) is 4.79 Å². The van der Waals surface area contributed by atoms with E-state index >= 15 is 0 Å². The predicted molar refractivity (Wildman–Crippen MR) is 88.6 cm³/mol. The summed E-state index contributed by atoms with van der Waals surface area (Å²) in [5, 5.41) is 11.1. The van der Waals surface area contributed by atoms with Gasteiger partial charge in [-0.15, -0.1) is 5.10 Å². The highest BCUT2D eigenvalue weighted by atomic mass is 35.5. The first kappa shape index (κ1) is 17.6. The van der Waals surface area contributed by atoms with E-state index in [-0.39, 0.29) is 18.3 Å². The van der Waals surface area contributed by atoms with Crippen molar-refractivity contribution in [2.75, 3.05) is 11.9 Å². The molecule has 2 atom stereocenters. The summed E-state index contributed by atoms with van der Waals surface area (Å²) in [7, 11) is 0. The Morgan fingerprint density at radius 2 is 2.08 bits per heavy atom.